The molecular formula is C26H34O. The minimum absolute atomic E-state index is 0.827. The lowest BCUT2D eigenvalue weighted by atomic mass is 9.96. The molecule has 0 aliphatic carbocycles. The highest BCUT2D eigenvalue weighted by Crippen LogP contribution is 2.35. The highest BCUT2D eigenvalue weighted by molar-refractivity contribution is 5.51. The number of ether oxygens (including phenoxy) is 1. The van der Waals surface area contributed by atoms with Crippen LogP contribution in [0.1, 0.15) is 61.1 Å². The van der Waals surface area contributed by atoms with Crippen LogP contribution in [-0.4, -0.2) is 0 Å². The lowest BCUT2D eigenvalue weighted by Gasteiger charge is -2.20. The molecule has 0 bridgehead atoms. The third-order valence-electron chi connectivity index (χ3n) is 5.22. The molecule has 2 aromatic rings. The fraction of sp³-hybridized carbons (Fsp3) is 0.385. The Hall–Kier alpha value is -2.28. The molecule has 0 spiro atoms. The second-order valence-electron chi connectivity index (χ2n) is 6.97. The van der Waals surface area contributed by atoms with Crippen molar-refractivity contribution in [2.24, 2.45) is 0 Å². The van der Waals surface area contributed by atoms with E-state index in [0.29, 0.717) is 0 Å². The summed E-state index contributed by atoms with van der Waals surface area (Å²) in [5.41, 5.74) is 7.88. The van der Waals surface area contributed by atoms with Gasteiger partial charge in [0.25, 0.3) is 0 Å². The molecule has 0 unspecified atom stereocenters. The third-order valence-corrected chi connectivity index (χ3v) is 5.22. The van der Waals surface area contributed by atoms with Crippen LogP contribution in [0.4, 0.5) is 0 Å². The fourth-order valence-electron chi connectivity index (χ4n) is 3.62. The molecule has 144 valence electrons. The van der Waals surface area contributed by atoms with Gasteiger partial charge in [0.1, 0.15) is 11.5 Å². The van der Waals surface area contributed by atoms with E-state index in [1.807, 2.05) is 12.2 Å². The Bertz CT molecular complexity index is 731. The number of allylic oxidation sites excluding steroid dienone is 2. The first-order valence-electron chi connectivity index (χ1n) is 10.3. The van der Waals surface area contributed by atoms with Crippen LogP contribution in [0.5, 0.6) is 11.5 Å². The summed E-state index contributed by atoms with van der Waals surface area (Å²) in [7, 11) is 0. The number of hydrogen-bond donors (Lipinski definition) is 0. The van der Waals surface area contributed by atoms with Crippen molar-refractivity contribution < 1.29 is 4.74 Å². The van der Waals surface area contributed by atoms with Crippen molar-refractivity contribution in [2.75, 3.05) is 0 Å². The molecule has 2 rings (SSSR count). The lowest BCUT2D eigenvalue weighted by Crippen LogP contribution is -2.03. The van der Waals surface area contributed by atoms with E-state index in [4.69, 9.17) is 4.74 Å². The van der Waals surface area contributed by atoms with Crippen molar-refractivity contribution >= 4 is 0 Å². The molecule has 0 saturated carbocycles. The zero-order valence-corrected chi connectivity index (χ0v) is 17.5. The molecule has 0 saturated heterocycles. The summed E-state index contributed by atoms with van der Waals surface area (Å²) in [4.78, 5) is 0. The number of benzene rings is 2. The molecule has 0 fully saturated rings. The Balaban J connectivity index is 2.64. The summed E-state index contributed by atoms with van der Waals surface area (Å²) in [6, 6.07) is 9.05. The topological polar surface area (TPSA) is 9.23 Å². The molecule has 0 amide bonds. The van der Waals surface area contributed by atoms with Gasteiger partial charge >= 0.3 is 0 Å². The van der Waals surface area contributed by atoms with Crippen LogP contribution in [0.15, 0.2) is 49.6 Å². The van der Waals surface area contributed by atoms with E-state index in [9.17, 15) is 0 Å². The van der Waals surface area contributed by atoms with E-state index in [1.54, 1.807) is 0 Å². The van der Waals surface area contributed by atoms with Crippen molar-refractivity contribution in [1.82, 2.24) is 0 Å². The summed E-state index contributed by atoms with van der Waals surface area (Å²) in [5, 5.41) is 0. The first kappa shape index (κ1) is 21.0. The second kappa shape index (κ2) is 10.2. The van der Waals surface area contributed by atoms with E-state index in [2.05, 4.69) is 65.1 Å². The SMILES string of the molecule is C=CCc1c(CC)cc(CC)cc1Oc1cc(CC)cc(CC)c1CC=C. The van der Waals surface area contributed by atoms with Gasteiger partial charge in [-0.2, -0.15) is 0 Å². The van der Waals surface area contributed by atoms with Crippen molar-refractivity contribution in [3.8, 4) is 11.5 Å². The van der Waals surface area contributed by atoms with Crippen LogP contribution in [0.3, 0.4) is 0 Å². The summed E-state index contributed by atoms with van der Waals surface area (Å²) in [6.45, 7) is 16.7. The number of aryl methyl sites for hydroxylation is 4. The summed E-state index contributed by atoms with van der Waals surface area (Å²) in [6.07, 6.45) is 9.61. The summed E-state index contributed by atoms with van der Waals surface area (Å²) in [5.74, 6) is 1.96. The third kappa shape index (κ3) is 4.91. The highest BCUT2D eigenvalue weighted by Gasteiger charge is 2.15. The monoisotopic (exact) mass is 362 g/mol. The quantitative estimate of drug-likeness (QED) is 0.407. The van der Waals surface area contributed by atoms with Crippen LogP contribution in [0.25, 0.3) is 0 Å². The maximum Gasteiger partial charge on any atom is 0.131 e. The van der Waals surface area contributed by atoms with Gasteiger partial charge in [-0.15, -0.1) is 13.2 Å². The van der Waals surface area contributed by atoms with Crippen LogP contribution >= 0.6 is 0 Å². The molecule has 27 heavy (non-hydrogen) atoms. The summed E-state index contributed by atoms with van der Waals surface area (Å²) < 4.78 is 6.62. The zero-order valence-electron chi connectivity index (χ0n) is 17.5. The van der Waals surface area contributed by atoms with Gasteiger partial charge in [0, 0.05) is 11.1 Å². The lowest BCUT2D eigenvalue weighted by molar-refractivity contribution is 0.469. The number of rotatable bonds is 10. The van der Waals surface area contributed by atoms with Crippen molar-refractivity contribution in [2.45, 2.75) is 66.2 Å². The molecule has 0 N–H and O–H groups in total. The molecule has 0 atom stereocenters. The molecule has 0 radical (unpaired) electrons. The zero-order chi connectivity index (χ0) is 19.8. The highest BCUT2D eigenvalue weighted by atomic mass is 16.5. The molecule has 0 heterocycles. The molecule has 1 nitrogen and oxygen atoms in total. The van der Waals surface area contributed by atoms with Gasteiger partial charge < -0.3 is 4.74 Å². The summed E-state index contributed by atoms with van der Waals surface area (Å²) >= 11 is 0. The second-order valence-corrected chi connectivity index (χ2v) is 6.97. The van der Waals surface area contributed by atoms with E-state index < -0.39 is 0 Å². The van der Waals surface area contributed by atoms with E-state index in [1.165, 1.54) is 33.4 Å². The normalized spacial score (nSPS) is 10.7. The van der Waals surface area contributed by atoms with Crippen LogP contribution in [-0.2, 0) is 38.5 Å². The molecular weight excluding hydrogens is 328 g/mol. The smallest absolute Gasteiger partial charge is 0.131 e. The van der Waals surface area contributed by atoms with E-state index in [-0.39, 0.29) is 0 Å². The fourth-order valence-corrected chi connectivity index (χ4v) is 3.62. The van der Waals surface area contributed by atoms with Crippen LogP contribution < -0.4 is 4.74 Å². The van der Waals surface area contributed by atoms with Gasteiger partial charge in [0.15, 0.2) is 0 Å². The van der Waals surface area contributed by atoms with Crippen LogP contribution in [0, 0.1) is 0 Å². The van der Waals surface area contributed by atoms with E-state index >= 15 is 0 Å². The average molecular weight is 363 g/mol. The first-order chi connectivity index (χ1) is 13.1. The van der Waals surface area contributed by atoms with Crippen LogP contribution in [0.2, 0.25) is 0 Å². The maximum atomic E-state index is 6.62. The predicted molar refractivity (Wildman–Crippen MR) is 118 cm³/mol. The Morgan fingerprint density at radius 2 is 1.07 bits per heavy atom. The van der Waals surface area contributed by atoms with E-state index in [0.717, 1.165) is 50.0 Å². The van der Waals surface area contributed by atoms with Gasteiger partial charge in [-0.25, -0.2) is 0 Å². The molecule has 2 aromatic carbocycles. The Morgan fingerprint density at radius 1 is 0.667 bits per heavy atom. The largest absolute Gasteiger partial charge is 0.457 e. The van der Waals surface area contributed by atoms with Crippen molar-refractivity contribution in [1.29, 1.82) is 0 Å². The Labute approximate surface area is 165 Å². The minimum atomic E-state index is 0.827. The maximum absolute atomic E-state index is 6.62. The first-order valence-corrected chi connectivity index (χ1v) is 10.3. The minimum Gasteiger partial charge on any atom is -0.457 e. The van der Waals surface area contributed by atoms with Gasteiger partial charge in [-0.1, -0.05) is 52.0 Å². The average Bonchev–Trinajstić information content (AvgIpc) is 2.70. The van der Waals surface area contributed by atoms with Gasteiger partial charge in [0.05, 0.1) is 0 Å². The molecule has 0 aliphatic heterocycles. The predicted octanol–water partition coefficient (Wildman–Crippen LogP) is 7.19. The number of hydrogen-bond acceptors (Lipinski definition) is 1. The van der Waals surface area contributed by atoms with Gasteiger partial charge in [-0.3, -0.25) is 0 Å². The van der Waals surface area contributed by atoms with Gasteiger partial charge in [0.2, 0.25) is 0 Å². The Morgan fingerprint density at radius 3 is 1.37 bits per heavy atom. The Kier molecular flexibility index (Phi) is 7.91. The van der Waals surface area contributed by atoms with Crippen molar-refractivity contribution in [3.63, 3.8) is 0 Å². The molecule has 0 aliphatic rings. The molecule has 1 heteroatoms. The van der Waals surface area contributed by atoms with Gasteiger partial charge in [-0.05, 0) is 72.9 Å². The van der Waals surface area contributed by atoms with Crippen molar-refractivity contribution in [3.05, 3.63) is 83.0 Å². The molecule has 0 aromatic heterocycles. The standard InChI is InChI=1S/C26H34O/c1-7-13-23-21(11-5)15-19(9-3)17-25(23)27-26-18-20(10-4)16-22(12-6)24(26)14-8-2/h7-8,15-18H,1-2,9-14H2,3-6H3.